The van der Waals surface area contributed by atoms with Gasteiger partial charge in [-0.05, 0) is 86.1 Å². The van der Waals surface area contributed by atoms with Crippen LogP contribution in [0.25, 0.3) is 5.57 Å². The third-order valence-electron chi connectivity index (χ3n) is 5.38. The zero-order chi connectivity index (χ0) is 19.9. The molecule has 2 aromatic carbocycles. The molecule has 0 N–H and O–H groups in total. The van der Waals surface area contributed by atoms with Gasteiger partial charge < -0.3 is 9.47 Å². The first-order chi connectivity index (χ1) is 13.6. The first-order valence-electron chi connectivity index (χ1n) is 10.0. The summed E-state index contributed by atoms with van der Waals surface area (Å²) in [5.41, 5.74) is 7.48. The fourth-order valence-corrected chi connectivity index (χ4v) is 3.26. The maximum absolute atomic E-state index is 6.17. The first-order valence-corrected chi connectivity index (χ1v) is 10.0. The van der Waals surface area contributed by atoms with Gasteiger partial charge in [-0.1, -0.05) is 42.5 Å². The highest BCUT2D eigenvalue weighted by molar-refractivity contribution is 5.66. The molecular weight excluding hydrogens is 344 g/mol. The summed E-state index contributed by atoms with van der Waals surface area (Å²) in [5.74, 6) is 1.69. The van der Waals surface area contributed by atoms with Crippen molar-refractivity contribution in [2.24, 2.45) is 0 Å². The van der Waals surface area contributed by atoms with E-state index in [1.54, 1.807) is 0 Å². The molecule has 3 rings (SSSR count). The van der Waals surface area contributed by atoms with E-state index >= 15 is 0 Å². The molecule has 0 aromatic heterocycles. The van der Waals surface area contributed by atoms with E-state index in [2.05, 4.69) is 82.3 Å². The fraction of sp³-hybridized carbons (Fsp3) is 0.308. The molecule has 0 saturated carbocycles. The smallest absolute Gasteiger partial charge is 0.124 e. The van der Waals surface area contributed by atoms with Gasteiger partial charge in [0.05, 0.1) is 0 Å². The summed E-state index contributed by atoms with van der Waals surface area (Å²) in [7, 11) is 0. The molecule has 1 aliphatic carbocycles. The lowest BCUT2D eigenvalue weighted by Gasteiger charge is -2.16. The average molecular weight is 375 g/mol. The largest absolute Gasteiger partial charge is 0.489 e. The topological polar surface area (TPSA) is 18.5 Å². The number of hydrogen-bond donors (Lipinski definition) is 0. The monoisotopic (exact) mass is 374 g/mol. The van der Waals surface area contributed by atoms with E-state index in [1.165, 1.54) is 27.8 Å². The van der Waals surface area contributed by atoms with Gasteiger partial charge in [0.15, 0.2) is 0 Å². The van der Waals surface area contributed by atoms with Crippen molar-refractivity contribution < 1.29 is 9.47 Å². The summed E-state index contributed by atoms with van der Waals surface area (Å²) in [6, 6.07) is 14.5. The lowest BCUT2D eigenvalue weighted by molar-refractivity contribution is 0.299. The molecule has 1 aliphatic rings. The lowest BCUT2D eigenvalue weighted by Crippen LogP contribution is -2.06. The molecule has 0 saturated heterocycles. The van der Waals surface area contributed by atoms with Crippen LogP contribution < -0.4 is 9.47 Å². The molecule has 0 aliphatic heterocycles. The van der Waals surface area contributed by atoms with E-state index in [0.29, 0.717) is 13.2 Å². The van der Waals surface area contributed by atoms with E-state index in [4.69, 9.17) is 9.47 Å². The number of rotatable bonds is 7. The lowest BCUT2D eigenvalue weighted by atomic mass is 9.99. The van der Waals surface area contributed by atoms with Gasteiger partial charge in [0.25, 0.3) is 0 Å². The van der Waals surface area contributed by atoms with Gasteiger partial charge in [0.2, 0.25) is 0 Å². The Morgan fingerprint density at radius 3 is 2.39 bits per heavy atom. The molecule has 0 spiro atoms. The van der Waals surface area contributed by atoms with E-state index in [1.807, 2.05) is 6.07 Å². The van der Waals surface area contributed by atoms with Crippen molar-refractivity contribution in [2.75, 3.05) is 6.61 Å². The molecule has 146 valence electrons. The maximum Gasteiger partial charge on any atom is 0.124 e. The second-order valence-corrected chi connectivity index (χ2v) is 7.40. The molecule has 2 aromatic rings. The molecule has 0 atom stereocenters. The first kappa shape index (κ1) is 20.0. The summed E-state index contributed by atoms with van der Waals surface area (Å²) in [6.07, 6.45) is 8.71. The standard InChI is InChI=1S/C26H30O2/c1-5-19(2)24-14-25(27-17-22-12-8-6-10-20(22)3)16-26(15-24)28-18-23-13-9-7-11-21(23)4/h5-8,10-12,14-16H,9,13,17-18H2,1-4H3/b19-5-. The van der Waals surface area contributed by atoms with Gasteiger partial charge in [0.1, 0.15) is 24.7 Å². The van der Waals surface area contributed by atoms with Crippen molar-refractivity contribution in [3.63, 3.8) is 0 Å². The van der Waals surface area contributed by atoms with E-state index < -0.39 is 0 Å². The minimum atomic E-state index is 0.555. The van der Waals surface area contributed by atoms with Crippen LogP contribution >= 0.6 is 0 Å². The van der Waals surface area contributed by atoms with E-state index in [9.17, 15) is 0 Å². The summed E-state index contributed by atoms with van der Waals surface area (Å²) in [5, 5.41) is 0. The van der Waals surface area contributed by atoms with Crippen LogP contribution in [0.2, 0.25) is 0 Å². The molecule has 2 heteroatoms. The molecule has 0 unspecified atom stereocenters. The van der Waals surface area contributed by atoms with E-state index in [0.717, 1.165) is 29.9 Å². The zero-order valence-corrected chi connectivity index (χ0v) is 17.4. The third kappa shape index (κ3) is 5.16. The normalized spacial score (nSPS) is 14.4. The van der Waals surface area contributed by atoms with Gasteiger partial charge in [-0.15, -0.1) is 0 Å². The molecular formula is C26H30O2. The van der Waals surface area contributed by atoms with Gasteiger partial charge in [0, 0.05) is 6.07 Å². The second-order valence-electron chi connectivity index (χ2n) is 7.40. The van der Waals surface area contributed by atoms with Gasteiger partial charge in [-0.25, -0.2) is 0 Å². The van der Waals surface area contributed by atoms with Crippen LogP contribution in [0, 0.1) is 6.92 Å². The van der Waals surface area contributed by atoms with Crippen LogP contribution in [-0.2, 0) is 6.61 Å². The van der Waals surface area contributed by atoms with Crippen LogP contribution in [-0.4, -0.2) is 6.61 Å². The highest BCUT2D eigenvalue weighted by Gasteiger charge is 2.09. The molecule has 0 fully saturated rings. The molecule has 2 nitrogen and oxygen atoms in total. The van der Waals surface area contributed by atoms with Crippen LogP contribution in [0.5, 0.6) is 11.5 Å². The summed E-state index contributed by atoms with van der Waals surface area (Å²) in [4.78, 5) is 0. The molecule has 0 amide bonds. The summed E-state index contributed by atoms with van der Waals surface area (Å²) < 4.78 is 12.3. The Hall–Kier alpha value is -2.74. The molecule has 28 heavy (non-hydrogen) atoms. The molecule has 0 bridgehead atoms. The van der Waals surface area contributed by atoms with Crippen molar-refractivity contribution in [1.29, 1.82) is 0 Å². The number of benzene rings is 2. The average Bonchev–Trinajstić information content (AvgIpc) is 2.72. The van der Waals surface area contributed by atoms with Crippen molar-refractivity contribution in [3.8, 4) is 11.5 Å². The summed E-state index contributed by atoms with van der Waals surface area (Å²) in [6.45, 7) is 9.63. The second kappa shape index (κ2) is 9.45. The minimum absolute atomic E-state index is 0.555. The number of allylic oxidation sites excluding steroid dienone is 5. The highest BCUT2D eigenvalue weighted by atomic mass is 16.5. The Kier molecular flexibility index (Phi) is 6.76. The predicted molar refractivity (Wildman–Crippen MR) is 118 cm³/mol. The predicted octanol–water partition coefficient (Wildman–Crippen LogP) is 7.04. The fourth-order valence-electron chi connectivity index (χ4n) is 3.26. The van der Waals surface area contributed by atoms with Crippen molar-refractivity contribution in [3.05, 3.63) is 88.5 Å². The van der Waals surface area contributed by atoms with Crippen molar-refractivity contribution in [1.82, 2.24) is 0 Å². The van der Waals surface area contributed by atoms with Crippen LogP contribution in [0.1, 0.15) is 50.3 Å². The third-order valence-corrected chi connectivity index (χ3v) is 5.38. The van der Waals surface area contributed by atoms with Crippen LogP contribution in [0.3, 0.4) is 0 Å². The van der Waals surface area contributed by atoms with Gasteiger partial charge in [-0.2, -0.15) is 0 Å². The Bertz CT molecular complexity index is 916. The Labute approximate surface area is 169 Å². The number of hydrogen-bond acceptors (Lipinski definition) is 2. The molecule has 0 radical (unpaired) electrons. The Morgan fingerprint density at radius 1 is 1.00 bits per heavy atom. The van der Waals surface area contributed by atoms with Crippen molar-refractivity contribution >= 4 is 5.57 Å². The Morgan fingerprint density at radius 2 is 1.71 bits per heavy atom. The van der Waals surface area contributed by atoms with Crippen molar-refractivity contribution in [2.45, 2.75) is 47.1 Å². The van der Waals surface area contributed by atoms with Crippen LogP contribution in [0.15, 0.2) is 71.8 Å². The number of aryl methyl sites for hydroxylation is 1. The maximum atomic E-state index is 6.17. The summed E-state index contributed by atoms with van der Waals surface area (Å²) >= 11 is 0. The van der Waals surface area contributed by atoms with Gasteiger partial charge >= 0.3 is 0 Å². The quantitative estimate of drug-likeness (QED) is 0.517. The molecule has 0 heterocycles. The zero-order valence-electron chi connectivity index (χ0n) is 17.4. The number of ether oxygens (including phenoxy) is 2. The van der Waals surface area contributed by atoms with E-state index in [-0.39, 0.29) is 0 Å². The highest BCUT2D eigenvalue weighted by Crippen LogP contribution is 2.29. The SMILES string of the molecule is C/C=C(/C)c1cc(OCC2=C(C)C=CCC2)cc(OCc2ccccc2C)c1. The Balaban J connectivity index is 1.78. The minimum Gasteiger partial charge on any atom is -0.489 e. The van der Waals surface area contributed by atoms with Gasteiger partial charge in [-0.3, -0.25) is 0 Å². The van der Waals surface area contributed by atoms with Crippen LogP contribution in [0.4, 0.5) is 0 Å².